The van der Waals surface area contributed by atoms with Gasteiger partial charge in [0.2, 0.25) is 0 Å². The molecule has 2 saturated heterocycles. The number of likely N-dealkylation sites (N-methyl/N-ethyl adjacent to an activating group) is 1. The third-order valence-corrected chi connectivity index (χ3v) is 5.88. The molecule has 2 aromatic heterocycles. The van der Waals surface area contributed by atoms with E-state index in [4.69, 9.17) is 4.74 Å². The van der Waals surface area contributed by atoms with E-state index in [0.29, 0.717) is 18.2 Å². The van der Waals surface area contributed by atoms with Gasteiger partial charge in [-0.15, -0.1) is 0 Å². The number of ether oxygens (including phenoxy) is 1. The molecule has 4 heterocycles. The summed E-state index contributed by atoms with van der Waals surface area (Å²) in [6.45, 7) is 3.97. The minimum Gasteiger partial charge on any atom is -0.376 e. The molecule has 0 aromatic carbocycles. The molecule has 1 atom stereocenters. The molecule has 0 aliphatic carbocycles. The number of rotatable bonds is 5. The van der Waals surface area contributed by atoms with Crippen LogP contribution in [0.2, 0.25) is 0 Å². The van der Waals surface area contributed by atoms with Gasteiger partial charge in [-0.3, -0.25) is 14.7 Å². The summed E-state index contributed by atoms with van der Waals surface area (Å²) in [5.41, 5.74) is 1.73. The molecule has 0 radical (unpaired) electrons. The molecule has 2 aliphatic heterocycles. The van der Waals surface area contributed by atoms with E-state index in [9.17, 15) is 4.79 Å². The molecule has 2 aliphatic rings. The first-order chi connectivity index (χ1) is 13.1. The summed E-state index contributed by atoms with van der Waals surface area (Å²) < 4.78 is 7.76. The summed E-state index contributed by atoms with van der Waals surface area (Å²) in [5, 5.41) is 0. The second-order valence-electron chi connectivity index (χ2n) is 7.97. The highest BCUT2D eigenvalue weighted by atomic mass is 16.5. The van der Waals surface area contributed by atoms with E-state index in [2.05, 4.69) is 21.9 Å². The molecule has 2 fully saturated rings. The number of carbonyl (C=O) groups excluding carboxylic acids is 1. The maximum absolute atomic E-state index is 12.6. The molecule has 4 rings (SSSR count). The number of hydrogen-bond acceptors (Lipinski definition) is 5. The van der Waals surface area contributed by atoms with Crippen molar-refractivity contribution in [1.82, 2.24) is 24.3 Å². The van der Waals surface area contributed by atoms with Crippen LogP contribution in [0.3, 0.4) is 0 Å². The average molecular weight is 369 g/mol. The van der Waals surface area contributed by atoms with Crippen LogP contribution in [-0.2, 0) is 18.4 Å². The van der Waals surface area contributed by atoms with Crippen molar-refractivity contribution in [2.24, 2.45) is 13.0 Å². The Morgan fingerprint density at radius 2 is 2.22 bits per heavy atom. The first kappa shape index (κ1) is 18.1. The third kappa shape index (κ3) is 3.75. The Morgan fingerprint density at radius 1 is 1.37 bits per heavy atom. The summed E-state index contributed by atoms with van der Waals surface area (Å²) in [5.74, 6) is 0.564. The molecule has 0 saturated carbocycles. The SMILES string of the molecule is CN1CC[C@@H](COCc2cccnc2)CC12CN(C(=O)c1cn(C)cn1)C2. The molecule has 0 unspecified atom stereocenters. The van der Waals surface area contributed by atoms with Crippen LogP contribution in [-0.4, -0.2) is 69.1 Å². The summed E-state index contributed by atoms with van der Waals surface area (Å²) in [6, 6.07) is 3.97. The van der Waals surface area contributed by atoms with Crippen molar-refractivity contribution in [1.29, 1.82) is 0 Å². The number of piperidine rings is 1. The number of pyridine rings is 1. The smallest absolute Gasteiger partial charge is 0.274 e. The van der Waals surface area contributed by atoms with Crippen LogP contribution in [0.15, 0.2) is 37.1 Å². The van der Waals surface area contributed by atoms with Gasteiger partial charge in [0.1, 0.15) is 5.69 Å². The number of imidazole rings is 1. The van der Waals surface area contributed by atoms with Gasteiger partial charge in [0.25, 0.3) is 5.91 Å². The van der Waals surface area contributed by atoms with Crippen LogP contribution >= 0.6 is 0 Å². The molecule has 144 valence electrons. The largest absolute Gasteiger partial charge is 0.376 e. The van der Waals surface area contributed by atoms with Gasteiger partial charge in [-0.2, -0.15) is 0 Å². The van der Waals surface area contributed by atoms with Crippen molar-refractivity contribution in [2.75, 3.05) is 33.3 Å². The maximum atomic E-state index is 12.6. The van der Waals surface area contributed by atoms with Crippen molar-refractivity contribution in [3.63, 3.8) is 0 Å². The van der Waals surface area contributed by atoms with E-state index < -0.39 is 0 Å². The van der Waals surface area contributed by atoms with Crippen LogP contribution in [0, 0.1) is 5.92 Å². The predicted molar refractivity (Wildman–Crippen MR) is 101 cm³/mol. The molecular formula is C20H27N5O2. The van der Waals surface area contributed by atoms with Crippen LogP contribution < -0.4 is 0 Å². The van der Waals surface area contributed by atoms with Gasteiger partial charge in [-0.25, -0.2) is 4.98 Å². The topological polar surface area (TPSA) is 63.5 Å². The highest BCUT2D eigenvalue weighted by Crippen LogP contribution is 2.38. The number of amides is 1. The van der Waals surface area contributed by atoms with E-state index in [-0.39, 0.29) is 11.4 Å². The lowest BCUT2D eigenvalue weighted by atomic mass is 9.75. The molecular weight excluding hydrogens is 342 g/mol. The Balaban J connectivity index is 1.30. The fourth-order valence-electron chi connectivity index (χ4n) is 4.24. The highest BCUT2D eigenvalue weighted by Gasteiger charge is 2.51. The van der Waals surface area contributed by atoms with E-state index in [0.717, 1.165) is 44.6 Å². The lowest BCUT2D eigenvalue weighted by Gasteiger charge is -2.58. The molecule has 2 aromatic rings. The van der Waals surface area contributed by atoms with Crippen molar-refractivity contribution in [2.45, 2.75) is 25.0 Å². The Morgan fingerprint density at radius 3 is 2.93 bits per heavy atom. The van der Waals surface area contributed by atoms with Gasteiger partial charge < -0.3 is 14.2 Å². The second kappa shape index (κ2) is 7.40. The van der Waals surface area contributed by atoms with Crippen molar-refractivity contribution in [3.8, 4) is 0 Å². The fraction of sp³-hybridized carbons (Fsp3) is 0.550. The number of hydrogen-bond donors (Lipinski definition) is 0. The molecule has 27 heavy (non-hydrogen) atoms. The van der Waals surface area contributed by atoms with Gasteiger partial charge in [-0.1, -0.05) is 6.07 Å². The zero-order chi connectivity index (χ0) is 18.9. The minimum absolute atomic E-state index is 0.0320. The molecule has 7 nitrogen and oxygen atoms in total. The quantitative estimate of drug-likeness (QED) is 0.801. The lowest BCUT2D eigenvalue weighted by Crippen LogP contribution is -2.72. The Hall–Kier alpha value is -2.25. The summed E-state index contributed by atoms with van der Waals surface area (Å²) >= 11 is 0. The van der Waals surface area contributed by atoms with E-state index in [1.807, 2.05) is 34.8 Å². The maximum Gasteiger partial charge on any atom is 0.274 e. The first-order valence-corrected chi connectivity index (χ1v) is 9.51. The standard InChI is InChI=1S/C20H27N5O2/c1-23-10-18(22-15-23)19(26)25-13-20(14-25)8-16(5-7-24(20)2)11-27-12-17-4-3-6-21-9-17/h3-4,6,9-10,15-16H,5,7-8,11-14H2,1-2H3/t16-/m1/s1. The van der Waals surface area contributed by atoms with Gasteiger partial charge in [0, 0.05) is 45.3 Å². The fourth-order valence-corrected chi connectivity index (χ4v) is 4.24. The molecule has 0 N–H and O–H groups in total. The zero-order valence-electron chi connectivity index (χ0n) is 16.0. The van der Waals surface area contributed by atoms with Crippen LogP contribution in [0.1, 0.15) is 28.9 Å². The molecule has 0 bridgehead atoms. The zero-order valence-corrected chi connectivity index (χ0v) is 16.0. The number of aryl methyl sites for hydroxylation is 1. The average Bonchev–Trinajstić information content (AvgIpc) is 3.08. The number of carbonyl (C=O) groups is 1. The highest BCUT2D eigenvalue weighted by molar-refractivity contribution is 5.92. The van der Waals surface area contributed by atoms with E-state index in [1.165, 1.54) is 0 Å². The van der Waals surface area contributed by atoms with Crippen LogP contribution in [0.4, 0.5) is 0 Å². The van der Waals surface area contributed by atoms with Gasteiger partial charge in [-0.05, 0) is 44.0 Å². The summed E-state index contributed by atoms with van der Waals surface area (Å²) in [7, 11) is 4.06. The molecule has 1 amide bonds. The Labute approximate surface area is 160 Å². The van der Waals surface area contributed by atoms with Crippen LogP contribution in [0.5, 0.6) is 0 Å². The number of aromatic nitrogens is 3. The normalized spacial score (nSPS) is 22.0. The monoisotopic (exact) mass is 369 g/mol. The Bertz CT molecular complexity index is 785. The first-order valence-electron chi connectivity index (χ1n) is 9.51. The summed E-state index contributed by atoms with van der Waals surface area (Å²) in [4.78, 5) is 25.2. The van der Waals surface area contributed by atoms with Gasteiger partial charge >= 0.3 is 0 Å². The summed E-state index contributed by atoms with van der Waals surface area (Å²) in [6.07, 6.45) is 9.29. The van der Waals surface area contributed by atoms with Gasteiger partial charge in [0.15, 0.2) is 0 Å². The van der Waals surface area contributed by atoms with Crippen molar-refractivity contribution >= 4 is 5.91 Å². The van der Waals surface area contributed by atoms with Gasteiger partial charge in [0.05, 0.1) is 18.5 Å². The van der Waals surface area contributed by atoms with E-state index >= 15 is 0 Å². The molecule has 7 heteroatoms. The van der Waals surface area contributed by atoms with E-state index in [1.54, 1.807) is 18.7 Å². The molecule has 1 spiro atoms. The van der Waals surface area contributed by atoms with Crippen molar-refractivity contribution < 1.29 is 9.53 Å². The second-order valence-corrected chi connectivity index (χ2v) is 7.97. The third-order valence-electron chi connectivity index (χ3n) is 5.88. The number of likely N-dealkylation sites (tertiary alicyclic amines) is 2. The Kier molecular flexibility index (Phi) is 4.97. The minimum atomic E-state index is 0.0320. The lowest BCUT2D eigenvalue weighted by molar-refractivity contribution is -0.0769. The van der Waals surface area contributed by atoms with Crippen molar-refractivity contribution in [3.05, 3.63) is 48.3 Å². The number of nitrogens with zero attached hydrogens (tertiary/aromatic N) is 5. The van der Waals surface area contributed by atoms with Crippen LogP contribution in [0.25, 0.3) is 0 Å². The predicted octanol–water partition coefficient (Wildman–Crippen LogP) is 1.57.